The second-order valence-electron chi connectivity index (χ2n) is 7.13. The molecule has 6 nitrogen and oxygen atoms in total. The summed E-state index contributed by atoms with van der Waals surface area (Å²) in [6, 6.07) is 12.9. The molecule has 1 aliphatic heterocycles. The van der Waals surface area contributed by atoms with Gasteiger partial charge in [-0.3, -0.25) is 4.79 Å². The van der Waals surface area contributed by atoms with E-state index in [9.17, 15) is 9.59 Å². The molecule has 0 fully saturated rings. The molecule has 1 aliphatic rings. The summed E-state index contributed by atoms with van der Waals surface area (Å²) in [6.45, 7) is 1.70. The van der Waals surface area contributed by atoms with Gasteiger partial charge in [-0.05, 0) is 49.4 Å². The first-order valence-electron chi connectivity index (χ1n) is 9.79. The van der Waals surface area contributed by atoms with Crippen LogP contribution in [-0.2, 0) is 0 Å². The van der Waals surface area contributed by atoms with Gasteiger partial charge in [0, 0.05) is 27.2 Å². The van der Waals surface area contributed by atoms with Crippen molar-refractivity contribution < 1.29 is 28.5 Å². The normalized spacial score (nSPS) is 13.5. The first-order valence-corrected chi connectivity index (χ1v) is 10.5. The average Bonchev–Trinajstić information content (AvgIpc) is 3.13. The van der Waals surface area contributed by atoms with E-state index in [1.54, 1.807) is 55.5 Å². The molecule has 3 aromatic rings. The zero-order chi connectivity index (χ0) is 23.7. The van der Waals surface area contributed by atoms with Gasteiger partial charge in [0.1, 0.15) is 23.0 Å². The monoisotopic (exact) mass is 484 g/mol. The van der Waals surface area contributed by atoms with E-state index in [-0.39, 0.29) is 22.9 Å². The number of esters is 1. The molecule has 0 saturated carbocycles. The summed E-state index contributed by atoms with van der Waals surface area (Å²) in [6.07, 6.45) is 1.50. The van der Waals surface area contributed by atoms with Crippen LogP contribution in [0.4, 0.5) is 0 Å². The lowest BCUT2D eigenvalue weighted by atomic mass is 10.1. The van der Waals surface area contributed by atoms with Gasteiger partial charge in [0.25, 0.3) is 0 Å². The number of benzene rings is 3. The molecule has 0 atom stereocenters. The minimum Gasteiger partial charge on any atom is -0.497 e. The molecule has 8 heteroatoms. The molecule has 3 aromatic carbocycles. The summed E-state index contributed by atoms with van der Waals surface area (Å²) in [4.78, 5) is 25.6. The minimum absolute atomic E-state index is 0.0732. The lowest BCUT2D eigenvalue weighted by molar-refractivity contribution is 0.0732. The van der Waals surface area contributed by atoms with Crippen molar-refractivity contribution in [1.29, 1.82) is 0 Å². The number of carbonyl (C=O) groups excluding carboxylic acids is 2. The third-order valence-corrected chi connectivity index (χ3v) is 5.76. The van der Waals surface area contributed by atoms with E-state index in [1.165, 1.54) is 20.3 Å². The van der Waals surface area contributed by atoms with Gasteiger partial charge in [-0.25, -0.2) is 4.79 Å². The maximum atomic E-state index is 12.9. The van der Waals surface area contributed by atoms with Gasteiger partial charge in [0.15, 0.2) is 5.76 Å². The number of ether oxygens (including phenoxy) is 4. The molecule has 0 aromatic heterocycles. The van der Waals surface area contributed by atoms with Crippen molar-refractivity contribution in [3.63, 3.8) is 0 Å². The van der Waals surface area contributed by atoms with Crippen molar-refractivity contribution in [3.8, 4) is 23.0 Å². The van der Waals surface area contributed by atoms with Crippen LogP contribution in [-0.4, -0.2) is 26.0 Å². The number of methoxy groups -OCH3 is 2. The number of hydrogen-bond acceptors (Lipinski definition) is 6. The van der Waals surface area contributed by atoms with Crippen LogP contribution in [0.5, 0.6) is 23.0 Å². The highest BCUT2D eigenvalue weighted by molar-refractivity contribution is 6.37. The number of allylic oxidation sites excluding steroid dienone is 1. The molecule has 168 valence electrons. The second-order valence-corrected chi connectivity index (χ2v) is 7.95. The fourth-order valence-corrected chi connectivity index (χ4v) is 3.85. The Morgan fingerprint density at radius 2 is 1.61 bits per heavy atom. The van der Waals surface area contributed by atoms with Crippen LogP contribution in [0.2, 0.25) is 10.0 Å². The third kappa shape index (κ3) is 4.40. The minimum atomic E-state index is -0.613. The van der Waals surface area contributed by atoms with Crippen molar-refractivity contribution in [3.05, 3.63) is 86.6 Å². The zero-order valence-corrected chi connectivity index (χ0v) is 19.4. The summed E-state index contributed by atoms with van der Waals surface area (Å²) in [5.74, 6) is 0.609. The Morgan fingerprint density at radius 1 is 0.970 bits per heavy atom. The van der Waals surface area contributed by atoms with Gasteiger partial charge in [-0.15, -0.1) is 0 Å². The maximum Gasteiger partial charge on any atom is 0.343 e. The Labute approximate surface area is 200 Å². The van der Waals surface area contributed by atoms with E-state index >= 15 is 0 Å². The second kappa shape index (κ2) is 9.17. The predicted octanol–water partition coefficient (Wildman–Crippen LogP) is 6.15. The number of halogens is 2. The number of rotatable bonds is 5. The van der Waals surface area contributed by atoms with Crippen molar-refractivity contribution in [2.45, 2.75) is 6.92 Å². The molecule has 0 spiro atoms. The fraction of sp³-hybridized carbons (Fsp3) is 0.120. The van der Waals surface area contributed by atoms with Gasteiger partial charge in [0.2, 0.25) is 5.78 Å². The summed E-state index contributed by atoms with van der Waals surface area (Å²) < 4.78 is 21.8. The van der Waals surface area contributed by atoms with Gasteiger partial charge >= 0.3 is 5.97 Å². The lowest BCUT2D eigenvalue weighted by Crippen LogP contribution is -2.10. The van der Waals surface area contributed by atoms with Crippen molar-refractivity contribution in [2.75, 3.05) is 14.2 Å². The van der Waals surface area contributed by atoms with Crippen LogP contribution in [0.3, 0.4) is 0 Å². The van der Waals surface area contributed by atoms with E-state index in [0.29, 0.717) is 44.0 Å². The smallest absolute Gasteiger partial charge is 0.343 e. The maximum absolute atomic E-state index is 12.9. The van der Waals surface area contributed by atoms with E-state index in [0.717, 1.165) is 0 Å². The summed E-state index contributed by atoms with van der Waals surface area (Å²) in [5.41, 5.74) is 1.58. The molecular formula is C25H18Cl2O6. The standard InChI is InChI=1S/C25H18Cl2O6/c1-13-21(33-25(29)14-9-15(30-2)11-16(10-14)31-3)8-7-17-23(28)22(32-24(13)17)12-18-19(26)5-4-6-20(18)27/h4-12H,1-3H3/b22-12-. The summed E-state index contributed by atoms with van der Waals surface area (Å²) in [5, 5.41) is 0.782. The SMILES string of the molecule is COc1cc(OC)cc(C(=O)Oc2ccc3c(c2C)O/C(=C\c2c(Cl)cccc2Cl)C3=O)c1. The lowest BCUT2D eigenvalue weighted by Gasteiger charge is -2.11. The quantitative estimate of drug-likeness (QED) is 0.245. The Morgan fingerprint density at radius 3 is 2.21 bits per heavy atom. The van der Waals surface area contributed by atoms with Crippen LogP contribution in [0.15, 0.2) is 54.3 Å². The molecule has 1 heterocycles. The molecule has 33 heavy (non-hydrogen) atoms. The average molecular weight is 485 g/mol. The highest BCUT2D eigenvalue weighted by atomic mass is 35.5. The molecule has 0 amide bonds. The molecule has 0 aliphatic carbocycles. The highest BCUT2D eigenvalue weighted by Crippen LogP contribution is 2.40. The Balaban J connectivity index is 1.64. The topological polar surface area (TPSA) is 71.1 Å². The number of carbonyl (C=O) groups is 2. The number of fused-ring (bicyclic) bond motifs is 1. The van der Waals surface area contributed by atoms with E-state index in [4.69, 9.17) is 42.1 Å². The Hall–Kier alpha value is -3.48. The van der Waals surface area contributed by atoms with Gasteiger partial charge in [-0.2, -0.15) is 0 Å². The van der Waals surface area contributed by atoms with Gasteiger partial charge in [0.05, 0.1) is 25.3 Å². The van der Waals surface area contributed by atoms with Crippen LogP contribution < -0.4 is 18.9 Å². The fourth-order valence-electron chi connectivity index (χ4n) is 3.34. The number of Topliss-reactive ketones (excluding diaryl/α,β-unsaturated/α-hetero) is 1. The first-order chi connectivity index (χ1) is 15.8. The molecule has 0 bridgehead atoms. The Kier molecular flexibility index (Phi) is 6.31. The van der Waals surface area contributed by atoms with Crippen LogP contribution in [0.25, 0.3) is 6.08 Å². The highest BCUT2D eigenvalue weighted by Gasteiger charge is 2.31. The molecule has 0 saturated heterocycles. The molecule has 0 unspecified atom stereocenters. The number of ketones is 1. The van der Waals surface area contributed by atoms with E-state index < -0.39 is 5.97 Å². The van der Waals surface area contributed by atoms with Crippen molar-refractivity contribution in [1.82, 2.24) is 0 Å². The molecule has 0 N–H and O–H groups in total. The first kappa shape index (κ1) is 22.7. The van der Waals surface area contributed by atoms with Crippen molar-refractivity contribution >= 4 is 41.0 Å². The molecule has 4 rings (SSSR count). The van der Waals surface area contributed by atoms with Crippen LogP contribution >= 0.6 is 23.2 Å². The van der Waals surface area contributed by atoms with Gasteiger partial charge < -0.3 is 18.9 Å². The van der Waals surface area contributed by atoms with Crippen LogP contribution in [0.1, 0.15) is 31.8 Å². The molecular weight excluding hydrogens is 467 g/mol. The van der Waals surface area contributed by atoms with Crippen molar-refractivity contribution in [2.24, 2.45) is 0 Å². The van der Waals surface area contributed by atoms with Crippen LogP contribution in [0, 0.1) is 6.92 Å². The summed E-state index contributed by atoms with van der Waals surface area (Å²) >= 11 is 12.4. The number of hydrogen-bond donors (Lipinski definition) is 0. The van der Waals surface area contributed by atoms with E-state index in [2.05, 4.69) is 0 Å². The van der Waals surface area contributed by atoms with E-state index in [1.807, 2.05) is 0 Å². The van der Waals surface area contributed by atoms with Gasteiger partial charge in [-0.1, -0.05) is 29.3 Å². The third-order valence-electron chi connectivity index (χ3n) is 5.10. The largest absolute Gasteiger partial charge is 0.497 e. The molecule has 0 radical (unpaired) electrons. The summed E-state index contributed by atoms with van der Waals surface area (Å²) in [7, 11) is 2.98. The Bertz CT molecular complexity index is 1270. The zero-order valence-electron chi connectivity index (χ0n) is 17.9. The predicted molar refractivity (Wildman–Crippen MR) is 125 cm³/mol.